The van der Waals surface area contributed by atoms with Crippen molar-refractivity contribution in [3.8, 4) is 5.75 Å². The molecule has 1 aromatic heterocycles. The van der Waals surface area contributed by atoms with Gasteiger partial charge in [-0.05, 0) is 29.8 Å². The lowest BCUT2D eigenvalue weighted by molar-refractivity contribution is 0.0964. The normalized spacial score (nSPS) is 10.9. The van der Waals surface area contributed by atoms with Crippen LogP contribution in [0.3, 0.4) is 0 Å². The van der Waals surface area contributed by atoms with Gasteiger partial charge in [-0.2, -0.15) is 0 Å². The Hall–Kier alpha value is -3.37. The first-order chi connectivity index (χ1) is 13.3. The summed E-state index contributed by atoms with van der Waals surface area (Å²) in [6, 6.07) is 24.6. The number of carbonyl (C=O) groups excluding carboxylic acids is 1. The van der Waals surface area contributed by atoms with Crippen LogP contribution in [0.2, 0.25) is 0 Å². The van der Waals surface area contributed by atoms with E-state index in [1.165, 1.54) is 0 Å². The zero-order valence-corrected chi connectivity index (χ0v) is 14.7. The van der Waals surface area contributed by atoms with E-state index in [4.69, 9.17) is 4.74 Å². The maximum atomic E-state index is 13.0. The Kier molecular flexibility index (Phi) is 4.73. The van der Waals surface area contributed by atoms with E-state index < -0.39 is 0 Å². The van der Waals surface area contributed by atoms with Gasteiger partial charge in [-0.15, -0.1) is 0 Å². The molecule has 3 aromatic carbocycles. The number of nitrogens with zero attached hydrogens (tertiary/aromatic N) is 1. The molecule has 0 aliphatic carbocycles. The van der Waals surface area contributed by atoms with Crippen molar-refractivity contribution in [3.05, 3.63) is 102 Å². The minimum Gasteiger partial charge on any atom is -0.489 e. The Bertz CT molecular complexity index is 1080. The van der Waals surface area contributed by atoms with E-state index in [1.54, 1.807) is 22.9 Å². The second-order valence-electron chi connectivity index (χ2n) is 6.31. The molecular formula is C23H19NO3. The summed E-state index contributed by atoms with van der Waals surface area (Å²) in [5, 5.41) is 10.5. The van der Waals surface area contributed by atoms with Crippen LogP contribution in [0, 0.1) is 0 Å². The summed E-state index contributed by atoms with van der Waals surface area (Å²) in [6.45, 7) is 0.334. The lowest BCUT2D eigenvalue weighted by atomic mass is 10.2. The third kappa shape index (κ3) is 3.48. The molecule has 0 aliphatic rings. The maximum absolute atomic E-state index is 13.0. The van der Waals surface area contributed by atoms with Crippen molar-refractivity contribution in [1.82, 2.24) is 4.57 Å². The molecule has 0 aliphatic heterocycles. The Morgan fingerprint density at radius 2 is 1.70 bits per heavy atom. The van der Waals surface area contributed by atoms with E-state index in [2.05, 4.69) is 0 Å². The van der Waals surface area contributed by atoms with Gasteiger partial charge in [0.25, 0.3) is 5.91 Å². The molecule has 0 atom stereocenters. The number of aromatic nitrogens is 1. The van der Waals surface area contributed by atoms with E-state index in [1.807, 2.05) is 66.7 Å². The zero-order chi connectivity index (χ0) is 18.6. The molecule has 0 amide bonds. The highest BCUT2D eigenvalue weighted by Crippen LogP contribution is 2.23. The van der Waals surface area contributed by atoms with E-state index in [0.29, 0.717) is 17.9 Å². The Labute approximate surface area is 157 Å². The van der Waals surface area contributed by atoms with Crippen molar-refractivity contribution in [1.29, 1.82) is 0 Å². The summed E-state index contributed by atoms with van der Waals surface area (Å²) in [7, 11) is 0. The number of fused-ring (bicyclic) bond motifs is 1. The van der Waals surface area contributed by atoms with Crippen LogP contribution in [0.25, 0.3) is 10.9 Å². The molecule has 4 rings (SSSR count). The molecule has 1 N–H and O–H groups in total. The van der Waals surface area contributed by atoms with Gasteiger partial charge >= 0.3 is 0 Å². The number of hydrogen-bond donors (Lipinski definition) is 1. The smallest absolute Gasteiger partial charge is 0.262 e. The molecule has 0 radical (unpaired) electrons. The summed E-state index contributed by atoms with van der Waals surface area (Å²) in [5.74, 6) is 0.486. The number of aliphatic hydroxyl groups is 1. The Balaban J connectivity index is 1.61. The molecule has 0 fully saturated rings. The van der Waals surface area contributed by atoms with Crippen molar-refractivity contribution < 1.29 is 14.6 Å². The quantitative estimate of drug-likeness (QED) is 0.576. The Morgan fingerprint density at radius 3 is 2.52 bits per heavy atom. The molecule has 0 bridgehead atoms. The standard InChI is InChI=1S/C23H19NO3/c25-15-19-14-24(22-12-5-4-11-21(19)22)23(26)18-9-6-10-20(13-18)27-16-17-7-2-1-3-8-17/h1-14,25H,15-16H2. The van der Waals surface area contributed by atoms with Crippen LogP contribution in [-0.2, 0) is 13.2 Å². The van der Waals surface area contributed by atoms with Crippen LogP contribution in [0.1, 0.15) is 21.5 Å². The highest BCUT2D eigenvalue weighted by molar-refractivity contribution is 6.03. The van der Waals surface area contributed by atoms with Crippen LogP contribution in [0.5, 0.6) is 5.75 Å². The summed E-state index contributed by atoms with van der Waals surface area (Å²) < 4.78 is 7.41. The fraction of sp³-hybridized carbons (Fsp3) is 0.0870. The van der Waals surface area contributed by atoms with Gasteiger partial charge in [0.15, 0.2) is 0 Å². The van der Waals surface area contributed by atoms with Crippen LogP contribution in [-0.4, -0.2) is 15.6 Å². The van der Waals surface area contributed by atoms with Crippen molar-refractivity contribution in [2.45, 2.75) is 13.2 Å². The minimum atomic E-state index is -0.156. The van der Waals surface area contributed by atoms with Gasteiger partial charge in [-0.25, -0.2) is 0 Å². The van der Waals surface area contributed by atoms with Crippen LogP contribution < -0.4 is 4.74 Å². The molecule has 0 saturated carbocycles. The molecule has 4 heteroatoms. The van der Waals surface area contributed by atoms with Gasteiger partial charge in [0, 0.05) is 22.7 Å². The summed E-state index contributed by atoms with van der Waals surface area (Å²) >= 11 is 0. The van der Waals surface area contributed by atoms with Crippen LogP contribution >= 0.6 is 0 Å². The number of ether oxygens (including phenoxy) is 1. The first kappa shape index (κ1) is 17.1. The molecule has 4 aromatic rings. The molecule has 1 heterocycles. The van der Waals surface area contributed by atoms with Crippen molar-refractivity contribution in [3.63, 3.8) is 0 Å². The average Bonchev–Trinajstić information content (AvgIpc) is 3.11. The highest BCUT2D eigenvalue weighted by atomic mass is 16.5. The predicted octanol–water partition coefficient (Wildman–Crippen LogP) is 4.40. The number of rotatable bonds is 5. The third-order valence-corrected chi connectivity index (χ3v) is 4.51. The second kappa shape index (κ2) is 7.48. The number of carbonyl (C=O) groups is 1. The first-order valence-electron chi connectivity index (χ1n) is 8.77. The van der Waals surface area contributed by atoms with Gasteiger partial charge in [-0.1, -0.05) is 54.6 Å². The van der Waals surface area contributed by atoms with Gasteiger partial charge < -0.3 is 9.84 Å². The maximum Gasteiger partial charge on any atom is 0.262 e. The van der Waals surface area contributed by atoms with Crippen LogP contribution in [0.15, 0.2) is 85.1 Å². The average molecular weight is 357 g/mol. The number of para-hydroxylation sites is 1. The van der Waals surface area contributed by atoms with E-state index in [0.717, 1.165) is 22.0 Å². The number of hydrogen-bond acceptors (Lipinski definition) is 3. The van der Waals surface area contributed by atoms with E-state index >= 15 is 0 Å². The fourth-order valence-corrected chi connectivity index (χ4v) is 3.14. The molecule has 27 heavy (non-hydrogen) atoms. The SMILES string of the molecule is O=C(c1cccc(OCc2ccccc2)c1)n1cc(CO)c2ccccc21. The monoisotopic (exact) mass is 357 g/mol. The van der Waals surface area contributed by atoms with Crippen LogP contribution in [0.4, 0.5) is 0 Å². The minimum absolute atomic E-state index is 0.110. The molecule has 0 unspecified atom stereocenters. The first-order valence-corrected chi connectivity index (χ1v) is 8.77. The zero-order valence-electron chi connectivity index (χ0n) is 14.7. The lowest BCUT2D eigenvalue weighted by Gasteiger charge is -2.09. The second-order valence-corrected chi connectivity index (χ2v) is 6.31. The van der Waals surface area contributed by atoms with Gasteiger partial charge in [0.1, 0.15) is 12.4 Å². The topological polar surface area (TPSA) is 51.5 Å². The molecule has 4 nitrogen and oxygen atoms in total. The highest BCUT2D eigenvalue weighted by Gasteiger charge is 2.15. The number of aliphatic hydroxyl groups excluding tert-OH is 1. The van der Waals surface area contributed by atoms with Gasteiger partial charge in [0.2, 0.25) is 0 Å². The van der Waals surface area contributed by atoms with Gasteiger partial charge in [-0.3, -0.25) is 9.36 Å². The van der Waals surface area contributed by atoms with Crippen molar-refractivity contribution >= 4 is 16.8 Å². The summed E-state index contributed by atoms with van der Waals surface area (Å²) in [6.07, 6.45) is 1.70. The molecular weight excluding hydrogens is 338 g/mol. The molecule has 134 valence electrons. The summed E-state index contributed by atoms with van der Waals surface area (Å²) in [4.78, 5) is 13.0. The molecule has 0 spiro atoms. The van der Waals surface area contributed by atoms with Crippen molar-refractivity contribution in [2.24, 2.45) is 0 Å². The van der Waals surface area contributed by atoms with Gasteiger partial charge in [0.05, 0.1) is 12.1 Å². The Morgan fingerprint density at radius 1 is 0.926 bits per heavy atom. The summed E-state index contributed by atoms with van der Waals surface area (Å²) in [5.41, 5.74) is 3.11. The fourth-order valence-electron chi connectivity index (χ4n) is 3.14. The third-order valence-electron chi connectivity index (χ3n) is 4.51. The molecule has 0 saturated heterocycles. The predicted molar refractivity (Wildman–Crippen MR) is 105 cm³/mol. The van der Waals surface area contributed by atoms with E-state index in [-0.39, 0.29) is 12.5 Å². The largest absolute Gasteiger partial charge is 0.489 e. The number of benzene rings is 3. The van der Waals surface area contributed by atoms with E-state index in [9.17, 15) is 9.90 Å². The lowest BCUT2D eigenvalue weighted by Crippen LogP contribution is -2.11. The van der Waals surface area contributed by atoms with Crippen molar-refractivity contribution in [2.75, 3.05) is 0 Å².